The smallest absolute Gasteiger partial charge is 0.416 e. The van der Waals surface area contributed by atoms with Gasteiger partial charge in [-0.05, 0) is 31.1 Å². The van der Waals surface area contributed by atoms with Crippen molar-refractivity contribution in [3.63, 3.8) is 0 Å². The Hall–Kier alpha value is -2.90. The average Bonchev–Trinajstić information content (AvgIpc) is 3.04. The van der Waals surface area contributed by atoms with Crippen LogP contribution in [0.5, 0.6) is 0 Å². The Labute approximate surface area is 134 Å². The second-order valence-electron chi connectivity index (χ2n) is 5.17. The molecule has 1 aliphatic carbocycles. The van der Waals surface area contributed by atoms with Gasteiger partial charge in [-0.15, -0.1) is 0 Å². The fourth-order valence-electron chi connectivity index (χ4n) is 2.29. The van der Waals surface area contributed by atoms with Crippen molar-refractivity contribution in [3.8, 4) is 11.4 Å². The Morgan fingerprint density at radius 2 is 1.92 bits per heavy atom. The minimum Gasteiger partial charge on any atom is -0.478 e. The zero-order valence-electron chi connectivity index (χ0n) is 12.2. The zero-order valence-corrected chi connectivity index (χ0v) is 12.2. The van der Waals surface area contributed by atoms with Gasteiger partial charge in [0.1, 0.15) is 0 Å². The SMILES string of the molecule is O=C(O)C1=CC(c2nc(-c3ccc(C(F)(F)F)cc3)no2)=CCC1. The number of aliphatic carboxylic acids is 1. The first-order valence-corrected chi connectivity index (χ1v) is 7.00. The summed E-state index contributed by atoms with van der Waals surface area (Å²) >= 11 is 0. The van der Waals surface area contributed by atoms with Crippen LogP contribution in [0, 0.1) is 0 Å². The molecule has 5 nitrogen and oxygen atoms in total. The molecule has 0 atom stereocenters. The Balaban J connectivity index is 1.86. The van der Waals surface area contributed by atoms with Crippen LogP contribution in [0.25, 0.3) is 17.0 Å². The first-order chi connectivity index (χ1) is 11.3. The second kappa shape index (κ2) is 5.95. The highest BCUT2D eigenvalue weighted by Gasteiger charge is 2.30. The molecule has 0 saturated heterocycles. The Kier molecular flexibility index (Phi) is 3.96. The van der Waals surface area contributed by atoms with Gasteiger partial charge in [0.15, 0.2) is 0 Å². The van der Waals surface area contributed by atoms with Crippen LogP contribution in [0.4, 0.5) is 13.2 Å². The first kappa shape index (κ1) is 16.0. The summed E-state index contributed by atoms with van der Waals surface area (Å²) in [6.45, 7) is 0. The Morgan fingerprint density at radius 3 is 2.54 bits per heavy atom. The number of hydrogen-bond donors (Lipinski definition) is 1. The summed E-state index contributed by atoms with van der Waals surface area (Å²) in [6.07, 6.45) is -0.234. The number of allylic oxidation sites excluding steroid dienone is 3. The van der Waals surface area contributed by atoms with E-state index in [2.05, 4.69) is 10.1 Å². The molecule has 2 aromatic rings. The number of aromatic nitrogens is 2. The second-order valence-corrected chi connectivity index (χ2v) is 5.17. The quantitative estimate of drug-likeness (QED) is 0.918. The number of benzene rings is 1. The molecule has 0 aliphatic heterocycles. The summed E-state index contributed by atoms with van der Waals surface area (Å²) in [6, 6.07) is 4.39. The molecule has 3 rings (SSSR count). The molecule has 1 aliphatic rings. The van der Waals surface area contributed by atoms with Gasteiger partial charge in [0.2, 0.25) is 5.82 Å². The molecule has 124 valence electrons. The fourth-order valence-corrected chi connectivity index (χ4v) is 2.29. The molecule has 0 radical (unpaired) electrons. The van der Waals surface area contributed by atoms with Gasteiger partial charge in [-0.3, -0.25) is 0 Å². The predicted molar refractivity (Wildman–Crippen MR) is 77.7 cm³/mol. The van der Waals surface area contributed by atoms with Crippen molar-refractivity contribution >= 4 is 11.5 Å². The van der Waals surface area contributed by atoms with Gasteiger partial charge in [0, 0.05) is 16.7 Å². The lowest BCUT2D eigenvalue weighted by molar-refractivity contribution is -0.137. The monoisotopic (exact) mass is 336 g/mol. The number of nitrogens with zero attached hydrogens (tertiary/aromatic N) is 2. The van der Waals surface area contributed by atoms with Gasteiger partial charge in [-0.1, -0.05) is 23.4 Å². The lowest BCUT2D eigenvalue weighted by Crippen LogP contribution is -2.04. The molecule has 0 saturated carbocycles. The van der Waals surface area contributed by atoms with E-state index in [-0.39, 0.29) is 17.3 Å². The molecule has 0 fully saturated rings. The number of alkyl halides is 3. The van der Waals surface area contributed by atoms with Crippen molar-refractivity contribution in [3.05, 3.63) is 53.4 Å². The highest BCUT2D eigenvalue weighted by atomic mass is 19.4. The fraction of sp³-hybridized carbons (Fsp3) is 0.188. The van der Waals surface area contributed by atoms with E-state index in [1.807, 2.05) is 0 Å². The minimum atomic E-state index is -4.41. The van der Waals surface area contributed by atoms with Gasteiger partial charge in [0.05, 0.1) is 5.56 Å². The van der Waals surface area contributed by atoms with Crippen LogP contribution in [0.15, 0.2) is 46.5 Å². The normalized spacial score (nSPS) is 15.0. The molecular formula is C16H11F3N2O3. The molecule has 1 N–H and O–H groups in total. The maximum Gasteiger partial charge on any atom is 0.416 e. The van der Waals surface area contributed by atoms with E-state index in [0.717, 1.165) is 12.1 Å². The van der Waals surface area contributed by atoms with E-state index in [4.69, 9.17) is 9.63 Å². The van der Waals surface area contributed by atoms with Gasteiger partial charge >= 0.3 is 12.1 Å². The van der Waals surface area contributed by atoms with Crippen LogP contribution in [-0.2, 0) is 11.0 Å². The summed E-state index contributed by atoms with van der Waals surface area (Å²) in [5, 5.41) is 12.8. The summed E-state index contributed by atoms with van der Waals surface area (Å²) in [5.74, 6) is -0.748. The van der Waals surface area contributed by atoms with E-state index in [1.165, 1.54) is 18.2 Å². The van der Waals surface area contributed by atoms with Crippen molar-refractivity contribution in [1.82, 2.24) is 10.1 Å². The molecule has 0 amide bonds. The highest BCUT2D eigenvalue weighted by molar-refractivity contribution is 5.91. The third-order valence-electron chi connectivity index (χ3n) is 3.53. The largest absolute Gasteiger partial charge is 0.478 e. The molecule has 24 heavy (non-hydrogen) atoms. The number of halogens is 3. The van der Waals surface area contributed by atoms with Crippen LogP contribution >= 0.6 is 0 Å². The third kappa shape index (κ3) is 3.22. The molecule has 1 heterocycles. The van der Waals surface area contributed by atoms with Crippen molar-refractivity contribution in [1.29, 1.82) is 0 Å². The molecule has 8 heteroatoms. The molecule has 1 aromatic carbocycles. The van der Waals surface area contributed by atoms with Gasteiger partial charge in [-0.25, -0.2) is 4.79 Å². The number of rotatable bonds is 3. The van der Waals surface area contributed by atoms with E-state index < -0.39 is 17.7 Å². The summed E-state index contributed by atoms with van der Waals surface area (Å²) in [5.41, 5.74) is 0.335. The van der Waals surface area contributed by atoms with Crippen molar-refractivity contribution in [2.75, 3.05) is 0 Å². The van der Waals surface area contributed by atoms with E-state index in [1.54, 1.807) is 6.08 Å². The zero-order chi connectivity index (χ0) is 17.3. The minimum absolute atomic E-state index is 0.128. The highest BCUT2D eigenvalue weighted by Crippen LogP contribution is 2.31. The third-order valence-corrected chi connectivity index (χ3v) is 3.53. The summed E-state index contributed by atoms with van der Waals surface area (Å²) < 4.78 is 42.8. The van der Waals surface area contributed by atoms with Crippen LogP contribution in [0.3, 0.4) is 0 Å². The molecule has 0 bridgehead atoms. The Bertz CT molecular complexity index is 833. The van der Waals surface area contributed by atoms with Crippen LogP contribution < -0.4 is 0 Å². The van der Waals surface area contributed by atoms with Crippen LogP contribution in [0.2, 0.25) is 0 Å². The van der Waals surface area contributed by atoms with Gasteiger partial charge in [0.25, 0.3) is 5.89 Å². The standard InChI is InChI=1S/C16H11F3N2O3/c17-16(18,19)12-6-4-9(5-7-12)13-20-14(24-21-13)10-2-1-3-11(8-10)15(22)23/h2,4-8H,1,3H2,(H,22,23). The van der Waals surface area contributed by atoms with Crippen LogP contribution in [-0.4, -0.2) is 21.2 Å². The van der Waals surface area contributed by atoms with Crippen molar-refractivity contribution in [2.24, 2.45) is 0 Å². The Morgan fingerprint density at radius 1 is 1.21 bits per heavy atom. The number of hydrogen-bond acceptors (Lipinski definition) is 4. The summed E-state index contributed by atoms with van der Waals surface area (Å²) in [4.78, 5) is 15.1. The number of carbonyl (C=O) groups is 1. The average molecular weight is 336 g/mol. The summed E-state index contributed by atoms with van der Waals surface area (Å²) in [7, 11) is 0. The first-order valence-electron chi connectivity index (χ1n) is 7.00. The van der Waals surface area contributed by atoms with E-state index >= 15 is 0 Å². The molecule has 1 aromatic heterocycles. The van der Waals surface area contributed by atoms with E-state index in [0.29, 0.717) is 24.0 Å². The van der Waals surface area contributed by atoms with Gasteiger partial charge in [-0.2, -0.15) is 18.2 Å². The topological polar surface area (TPSA) is 76.2 Å². The maximum absolute atomic E-state index is 12.6. The number of carboxylic acids is 1. The van der Waals surface area contributed by atoms with Gasteiger partial charge < -0.3 is 9.63 Å². The lowest BCUT2D eigenvalue weighted by atomic mass is 9.99. The predicted octanol–water partition coefficient (Wildman–Crippen LogP) is 3.94. The molecule has 0 spiro atoms. The lowest BCUT2D eigenvalue weighted by Gasteiger charge is -2.07. The molecule has 0 unspecified atom stereocenters. The van der Waals surface area contributed by atoms with E-state index in [9.17, 15) is 18.0 Å². The maximum atomic E-state index is 12.6. The number of carboxylic acid groups (broad SMARTS) is 1. The molecular weight excluding hydrogens is 325 g/mol. The van der Waals surface area contributed by atoms with Crippen LogP contribution in [0.1, 0.15) is 24.3 Å². The van der Waals surface area contributed by atoms with Crippen molar-refractivity contribution < 1.29 is 27.6 Å². The van der Waals surface area contributed by atoms with Crippen molar-refractivity contribution in [2.45, 2.75) is 19.0 Å².